The molecule has 2 fully saturated rings. The molecule has 2 N–H and O–H groups in total. The molecule has 2 rings (SSSR count). The third-order valence-electron chi connectivity index (χ3n) is 5.79. The quantitative estimate of drug-likeness (QED) is 0.299. The molecule has 1 amide bonds. The summed E-state index contributed by atoms with van der Waals surface area (Å²) in [4.78, 5) is 21.0. The number of carbonyl (C=O) groups is 1. The highest BCUT2D eigenvalue weighted by molar-refractivity contribution is 14.0. The van der Waals surface area contributed by atoms with E-state index in [1.165, 1.54) is 0 Å². The summed E-state index contributed by atoms with van der Waals surface area (Å²) < 4.78 is 11.0. The van der Waals surface area contributed by atoms with Crippen LogP contribution in [0.25, 0.3) is 0 Å². The number of amides is 1. The van der Waals surface area contributed by atoms with E-state index in [1.807, 2.05) is 32.7 Å². The summed E-state index contributed by atoms with van der Waals surface area (Å²) in [7, 11) is 1.81. The second-order valence-electron chi connectivity index (χ2n) is 9.99. The Morgan fingerprint density at radius 3 is 2.42 bits per heavy atom. The van der Waals surface area contributed by atoms with Crippen molar-refractivity contribution >= 4 is 36.0 Å². The van der Waals surface area contributed by atoms with Crippen LogP contribution < -0.4 is 10.6 Å². The van der Waals surface area contributed by atoms with Gasteiger partial charge >= 0.3 is 6.09 Å². The van der Waals surface area contributed by atoms with Crippen LogP contribution in [-0.2, 0) is 9.47 Å². The van der Waals surface area contributed by atoms with Gasteiger partial charge in [0.25, 0.3) is 0 Å². The molecule has 0 spiro atoms. The Bertz CT molecular complexity index is 574. The molecule has 1 atom stereocenters. The molecule has 0 aliphatic carbocycles. The van der Waals surface area contributed by atoms with Crippen molar-refractivity contribution in [3.8, 4) is 0 Å². The molecule has 0 aromatic rings. The van der Waals surface area contributed by atoms with Crippen molar-refractivity contribution in [2.45, 2.75) is 65.0 Å². The van der Waals surface area contributed by atoms with Gasteiger partial charge in [-0.1, -0.05) is 0 Å². The molecule has 2 saturated heterocycles. The van der Waals surface area contributed by atoms with Gasteiger partial charge in [-0.2, -0.15) is 0 Å². The lowest BCUT2D eigenvalue weighted by molar-refractivity contribution is -0.00834. The van der Waals surface area contributed by atoms with Gasteiger partial charge in [-0.15, -0.1) is 24.0 Å². The smallest absolute Gasteiger partial charge is 0.410 e. The first-order valence-electron chi connectivity index (χ1n) is 11.4. The van der Waals surface area contributed by atoms with Crippen LogP contribution in [-0.4, -0.2) is 92.5 Å². The van der Waals surface area contributed by atoms with Crippen LogP contribution in [0.3, 0.4) is 0 Å². The maximum absolute atomic E-state index is 12.3. The normalized spacial score (nSPS) is 21.3. The number of rotatable bonds is 6. The van der Waals surface area contributed by atoms with Crippen LogP contribution in [0.2, 0.25) is 0 Å². The minimum atomic E-state index is -0.446. The zero-order valence-electron chi connectivity index (χ0n) is 20.3. The Morgan fingerprint density at radius 1 is 1.13 bits per heavy atom. The lowest BCUT2D eigenvalue weighted by Gasteiger charge is -2.41. The second-order valence-corrected chi connectivity index (χ2v) is 9.99. The maximum atomic E-state index is 12.3. The predicted octanol–water partition coefficient (Wildman–Crippen LogP) is 2.92. The third-order valence-corrected chi connectivity index (χ3v) is 5.79. The van der Waals surface area contributed by atoms with Crippen LogP contribution >= 0.6 is 24.0 Å². The number of halogens is 1. The van der Waals surface area contributed by atoms with Crippen molar-refractivity contribution in [1.29, 1.82) is 0 Å². The molecule has 9 heteroatoms. The monoisotopic (exact) mass is 553 g/mol. The number of ether oxygens (including phenoxy) is 2. The van der Waals surface area contributed by atoms with Crippen molar-refractivity contribution in [1.82, 2.24) is 20.4 Å². The van der Waals surface area contributed by atoms with Crippen LogP contribution in [0.1, 0.15) is 53.9 Å². The van der Waals surface area contributed by atoms with Crippen LogP contribution in [0.15, 0.2) is 4.99 Å². The van der Waals surface area contributed by atoms with Crippen molar-refractivity contribution in [2.24, 2.45) is 10.9 Å². The fourth-order valence-corrected chi connectivity index (χ4v) is 3.99. The maximum Gasteiger partial charge on any atom is 0.410 e. The van der Waals surface area contributed by atoms with Crippen molar-refractivity contribution in [3.63, 3.8) is 0 Å². The van der Waals surface area contributed by atoms with Gasteiger partial charge in [0.15, 0.2) is 5.96 Å². The van der Waals surface area contributed by atoms with Gasteiger partial charge in [-0.3, -0.25) is 9.89 Å². The van der Waals surface area contributed by atoms with Crippen LogP contribution in [0.4, 0.5) is 4.79 Å². The molecule has 182 valence electrons. The topological polar surface area (TPSA) is 78.4 Å². The van der Waals surface area contributed by atoms with Crippen molar-refractivity contribution < 1.29 is 14.3 Å². The average Bonchev–Trinajstić information content (AvgIpc) is 2.70. The summed E-state index contributed by atoms with van der Waals surface area (Å²) in [6.45, 7) is 17.0. The number of morpholine rings is 1. The molecule has 2 aliphatic heterocycles. The number of hydrogen-bond donors (Lipinski definition) is 2. The first-order chi connectivity index (χ1) is 14.1. The van der Waals surface area contributed by atoms with Gasteiger partial charge < -0.3 is 25.0 Å². The minimum absolute atomic E-state index is 0. The van der Waals surface area contributed by atoms with E-state index in [1.54, 1.807) is 0 Å². The van der Waals surface area contributed by atoms with Crippen LogP contribution in [0, 0.1) is 5.92 Å². The summed E-state index contributed by atoms with van der Waals surface area (Å²) >= 11 is 0. The standard InChI is InChI=1S/C22H43N5O3.HI/c1-21(2,3)30-20(28)26-11-7-8-18(16-26)9-10-24-19(23-6)25-17-22(4,5)27-12-14-29-15-13-27;/h18H,7-17H2,1-6H3,(H2,23,24,25);1H. The molecule has 0 radical (unpaired) electrons. The van der Waals surface area contributed by atoms with Crippen molar-refractivity contribution in [3.05, 3.63) is 0 Å². The summed E-state index contributed by atoms with van der Waals surface area (Å²) in [6.07, 6.45) is 3.00. The van der Waals surface area contributed by atoms with E-state index in [9.17, 15) is 4.79 Å². The van der Waals surface area contributed by atoms with E-state index >= 15 is 0 Å². The third kappa shape index (κ3) is 10.1. The number of nitrogens with one attached hydrogen (secondary N) is 2. The fraction of sp³-hybridized carbons (Fsp3) is 0.909. The molecular formula is C22H44IN5O3. The number of guanidine groups is 1. The van der Waals surface area contributed by atoms with Gasteiger partial charge in [0.05, 0.1) is 13.2 Å². The van der Waals surface area contributed by atoms with E-state index < -0.39 is 5.60 Å². The predicted molar refractivity (Wildman–Crippen MR) is 136 cm³/mol. The van der Waals surface area contributed by atoms with E-state index in [-0.39, 0.29) is 35.6 Å². The Balaban J connectivity index is 0.00000480. The van der Waals surface area contributed by atoms with Gasteiger partial charge in [0.1, 0.15) is 5.60 Å². The summed E-state index contributed by atoms with van der Waals surface area (Å²) in [5.74, 6) is 1.32. The van der Waals surface area contributed by atoms with Gasteiger partial charge in [0, 0.05) is 51.9 Å². The SMILES string of the molecule is CN=C(NCCC1CCCN(C(=O)OC(C)(C)C)C1)NCC(C)(C)N1CCOCC1.I. The second kappa shape index (κ2) is 13.0. The van der Waals surface area contributed by atoms with E-state index in [4.69, 9.17) is 9.47 Å². The highest BCUT2D eigenvalue weighted by Crippen LogP contribution is 2.21. The zero-order valence-corrected chi connectivity index (χ0v) is 22.7. The average molecular weight is 554 g/mol. The Hall–Kier alpha value is -0.810. The molecule has 31 heavy (non-hydrogen) atoms. The lowest BCUT2D eigenvalue weighted by atomic mass is 9.95. The molecular weight excluding hydrogens is 509 g/mol. The van der Waals surface area contributed by atoms with E-state index in [2.05, 4.69) is 34.4 Å². The Morgan fingerprint density at radius 2 is 1.81 bits per heavy atom. The molecule has 2 aliphatic rings. The molecule has 0 bridgehead atoms. The first-order valence-corrected chi connectivity index (χ1v) is 11.4. The van der Waals surface area contributed by atoms with E-state index in [0.29, 0.717) is 5.92 Å². The molecule has 2 heterocycles. The number of hydrogen-bond acceptors (Lipinski definition) is 5. The number of nitrogens with zero attached hydrogens (tertiary/aromatic N) is 3. The molecule has 0 saturated carbocycles. The molecule has 1 unspecified atom stereocenters. The number of piperidine rings is 1. The van der Waals surface area contributed by atoms with Crippen LogP contribution in [0.5, 0.6) is 0 Å². The highest BCUT2D eigenvalue weighted by atomic mass is 127. The summed E-state index contributed by atoms with van der Waals surface area (Å²) in [5.41, 5.74) is -0.405. The summed E-state index contributed by atoms with van der Waals surface area (Å²) in [6, 6.07) is 0. The molecule has 8 nitrogen and oxygen atoms in total. The van der Waals surface area contributed by atoms with Crippen molar-refractivity contribution in [2.75, 3.05) is 59.5 Å². The summed E-state index contributed by atoms with van der Waals surface area (Å²) in [5, 5.41) is 6.90. The Kier molecular flexibility index (Phi) is 11.9. The zero-order chi connectivity index (χ0) is 22.2. The number of aliphatic imine (C=N–C) groups is 1. The van der Waals surface area contributed by atoms with Gasteiger partial charge in [-0.25, -0.2) is 4.79 Å². The number of carbonyl (C=O) groups excluding carboxylic acids is 1. The lowest BCUT2D eigenvalue weighted by Crippen LogP contribution is -2.56. The van der Waals surface area contributed by atoms with E-state index in [0.717, 1.165) is 77.7 Å². The fourth-order valence-electron chi connectivity index (χ4n) is 3.99. The highest BCUT2D eigenvalue weighted by Gasteiger charge is 2.29. The number of likely N-dealkylation sites (tertiary alicyclic amines) is 1. The van der Waals surface area contributed by atoms with Gasteiger partial charge in [-0.05, 0) is 59.8 Å². The first kappa shape index (κ1) is 28.2. The molecule has 0 aromatic heterocycles. The van der Waals surface area contributed by atoms with Gasteiger partial charge in [0.2, 0.25) is 0 Å². The molecule has 0 aromatic carbocycles. The largest absolute Gasteiger partial charge is 0.444 e. The minimum Gasteiger partial charge on any atom is -0.444 e. The Labute approximate surface area is 205 Å².